The van der Waals surface area contributed by atoms with Crippen LogP contribution in [0.25, 0.3) is 0 Å². The molecule has 0 saturated carbocycles. The van der Waals surface area contributed by atoms with Gasteiger partial charge >= 0.3 is 0 Å². The molecule has 0 amide bonds. The van der Waals surface area contributed by atoms with E-state index in [0.29, 0.717) is 6.42 Å². The van der Waals surface area contributed by atoms with E-state index in [4.69, 9.17) is 4.43 Å². The SMILES string of the molecule is CC(C)(Cc1cccc(F)c1)O[Si]. The van der Waals surface area contributed by atoms with E-state index in [-0.39, 0.29) is 11.4 Å². The number of halogens is 1. The van der Waals surface area contributed by atoms with Gasteiger partial charge in [0.2, 0.25) is 10.5 Å². The maximum atomic E-state index is 12.8. The van der Waals surface area contributed by atoms with Crippen molar-refractivity contribution in [2.24, 2.45) is 0 Å². The Morgan fingerprint density at radius 2 is 2.15 bits per heavy atom. The van der Waals surface area contributed by atoms with Crippen LogP contribution >= 0.6 is 0 Å². The third-order valence-electron chi connectivity index (χ3n) is 1.80. The van der Waals surface area contributed by atoms with Crippen molar-refractivity contribution in [2.75, 3.05) is 0 Å². The van der Waals surface area contributed by atoms with Gasteiger partial charge in [0.1, 0.15) is 5.82 Å². The summed E-state index contributed by atoms with van der Waals surface area (Å²) in [6.07, 6.45) is 0.675. The van der Waals surface area contributed by atoms with Crippen LogP contribution in [0.2, 0.25) is 0 Å². The standard InChI is InChI=1S/C10H12FOSi/c1-10(2,12-13)7-8-4-3-5-9(11)6-8/h3-6H,7H2,1-2H3. The molecule has 1 rings (SSSR count). The van der Waals surface area contributed by atoms with Gasteiger partial charge < -0.3 is 4.43 Å². The molecule has 0 fully saturated rings. The lowest BCUT2D eigenvalue weighted by molar-refractivity contribution is 0.124. The number of benzene rings is 1. The molecule has 0 aliphatic rings. The molecule has 13 heavy (non-hydrogen) atoms. The summed E-state index contributed by atoms with van der Waals surface area (Å²) in [4.78, 5) is 0. The van der Waals surface area contributed by atoms with E-state index in [1.165, 1.54) is 12.1 Å². The van der Waals surface area contributed by atoms with Gasteiger partial charge in [0.15, 0.2) is 0 Å². The first-order valence-corrected chi connectivity index (χ1v) is 4.53. The smallest absolute Gasteiger partial charge is 0.246 e. The zero-order valence-corrected chi connectivity index (χ0v) is 8.80. The molecule has 0 saturated heterocycles. The van der Waals surface area contributed by atoms with Gasteiger partial charge in [0, 0.05) is 0 Å². The molecule has 0 aliphatic carbocycles. The van der Waals surface area contributed by atoms with Crippen molar-refractivity contribution in [3.8, 4) is 0 Å². The van der Waals surface area contributed by atoms with Crippen LogP contribution in [0.3, 0.4) is 0 Å². The lowest BCUT2D eigenvalue weighted by Gasteiger charge is -2.23. The number of hydrogen-bond donors (Lipinski definition) is 0. The second-order valence-corrected chi connectivity index (χ2v) is 3.87. The van der Waals surface area contributed by atoms with Crippen molar-refractivity contribution >= 4 is 10.5 Å². The molecule has 0 N–H and O–H groups in total. The molecular formula is C10H12FOSi. The Morgan fingerprint density at radius 3 is 2.69 bits per heavy atom. The molecule has 3 heteroatoms. The highest BCUT2D eigenvalue weighted by atomic mass is 28.2. The maximum Gasteiger partial charge on any atom is 0.246 e. The Kier molecular flexibility index (Phi) is 3.22. The highest BCUT2D eigenvalue weighted by Crippen LogP contribution is 2.16. The average Bonchev–Trinajstić information content (AvgIpc) is 2.03. The quantitative estimate of drug-likeness (QED) is 0.672. The molecule has 69 valence electrons. The van der Waals surface area contributed by atoms with E-state index >= 15 is 0 Å². The summed E-state index contributed by atoms with van der Waals surface area (Å²) in [5.74, 6) is -0.206. The normalized spacial score (nSPS) is 11.7. The van der Waals surface area contributed by atoms with Crippen LogP contribution in [0.5, 0.6) is 0 Å². The van der Waals surface area contributed by atoms with Crippen molar-refractivity contribution in [1.29, 1.82) is 0 Å². The summed E-state index contributed by atoms with van der Waals surface area (Å²) in [5.41, 5.74) is 0.619. The molecule has 0 spiro atoms. The summed E-state index contributed by atoms with van der Waals surface area (Å²) in [5, 5.41) is 0. The summed E-state index contributed by atoms with van der Waals surface area (Å²) < 4.78 is 17.9. The van der Waals surface area contributed by atoms with Crippen LogP contribution in [0, 0.1) is 5.82 Å². The molecule has 0 unspecified atom stereocenters. The van der Waals surface area contributed by atoms with Gasteiger partial charge in [-0.15, -0.1) is 0 Å². The summed E-state index contributed by atoms with van der Waals surface area (Å²) in [6, 6.07) is 6.54. The van der Waals surface area contributed by atoms with Gasteiger partial charge in [-0.25, -0.2) is 4.39 Å². The lowest BCUT2D eigenvalue weighted by Crippen LogP contribution is -2.26. The van der Waals surface area contributed by atoms with Crippen molar-refractivity contribution < 1.29 is 8.82 Å². The van der Waals surface area contributed by atoms with Crippen LogP contribution in [0.15, 0.2) is 24.3 Å². The van der Waals surface area contributed by atoms with Crippen LogP contribution in [-0.4, -0.2) is 16.1 Å². The minimum absolute atomic E-state index is 0.206. The van der Waals surface area contributed by atoms with Crippen LogP contribution in [-0.2, 0) is 10.8 Å². The average molecular weight is 195 g/mol. The fourth-order valence-corrected chi connectivity index (χ4v) is 1.25. The van der Waals surface area contributed by atoms with E-state index in [0.717, 1.165) is 5.56 Å². The molecular weight excluding hydrogens is 183 g/mol. The van der Waals surface area contributed by atoms with Crippen LogP contribution in [0.4, 0.5) is 4.39 Å². The molecule has 0 aliphatic heterocycles. The first-order chi connectivity index (χ1) is 6.03. The first kappa shape index (κ1) is 10.4. The van der Waals surface area contributed by atoms with Crippen molar-refractivity contribution in [2.45, 2.75) is 25.9 Å². The second-order valence-electron chi connectivity index (χ2n) is 3.67. The topological polar surface area (TPSA) is 9.23 Å². The Balaban J connectivity index is 2.74. The van der Waals surface area contributed by atoms with Gasteiger partial charge in [-0.1, -0.05) is 12.1 Å². The van der Waals surface area contributed by atoms with Gasteiger partial charge in [0.25, 0.3) is 0 Å². The molecule has 3 radical (unpaired) electrons. The number of hydrogen-bond acceptors (Lipinski definition) is 1. The van der Waals surface area contributed by atoms with Crippen molar-refractivity contribution in [3.63, 3.8) is 0 Å². The van der Waals surface area contributed by atoms with E-state index in [1.807, 2.05) is 19.9 Å². The summed E-state index contributed by atoms with van der Waals surface area (Å²) in [7, 11) is 3.00. The first-order valence-electron chi connectivity index (χ1n) is 4.13. The molecule has 0 bridgehead atoms. The minimum atomic E-state index is -0.315. The summed E-state index contributed by atoms with van der Waals surface area (Å²) >= 11 is 0. The maximum absolute atomic E-state index is 12.8. The largest absolute Gasteiger partial charge is 0.413 e. The van der Waals surface area contributed by atoms with Gasteiger partial charge in [0.05, 0.1) is 5.60 Å². The second kappa shape index (κ2) is 4.02. The zero-order chi connectivity index (χ0) is 9.90. The van der Waals surface area contributed by atoms with Crippen molar-refractivity contribution in [1.82, 2.24) is 0 Å². The molecule has 1 aromatic rings. The Morgan fingerprint density at radius 1 is 1.46 bits per heavy atom. The van der Waals surface area contributed by atoms with Crippen molar-refractivity contribution in [3.05, 3.63) is 35.6 Å². The Bertz CT molecular complexity index is 286. The van der Waals surface area contributed by atoms with E-state index in [1.54, 1.807) is 6.07 Å². The van der Waals surface area contributed by atoms with Gasteiger partial charge in [-0.2, -0.15) is 0 Å². The van der Waals surface area contributed by atoms with E-state index in [9.17, 15) is 4.39 Å². The third-order valence-corrected chi connectivity index (χ3v) is 2.35. The summed E-state index contributed by atoms with van der Waals surface area (Å²) in [6.45, 7) is 3.87. The van der Waals surface area contributed by atoms with E-state index in [2.05, 4.69) is 10.5 Å². The Labute approximate surface area is 81.5 Å². The van der Waals surface area contributed by atoms with Crippen LogP contribution < -0.4 is 0 Å². The predicted octanol–water partition coefficient (Wildman–Crippen LogP) is 2.25. The molecule has 0 atom stereocenters. The predicted molar refractivity (Wildman–Crippen MR) is 51.0 cm³/mol. The third kappa shape index (κ3) is 3.28. The molecule has 0 heterocycles. The molecule has 1 nitrogen and oxygen atoms in total. The highest BCUT2D eigenvalue weighted by Gasteiger charge is 2.16. The molecule has 1 aromatic carbocycles. The fourth-order valence-electron chi connectivity index (χ4n) is 1.17. The van der Waals surface area contributed by atoms with Crippen LogP contribution in [0.1, 0.15) is 19.4 Å². The zero-order valence-electron chi connectivity index (χ0n) is 7.80. The number of rotatable bonds is 3. The highest BCUT2D eigenvalue weighted by molar-refractivity contribution is 5.98. The minimum Gasteiger partial charge on any atom is -0.413 e. The molecule has 0 aromatic heterocycles. The lowest BCUT2D eigenvalue weighted by atomic mass is 9.99. The monoisotopic (exact) mass is 195 g/mol. The van der Waals surface area contributed by atoms with Gasteiger partial charge in [-0.3, -0.25) is 0 Å². The van der Waals surface area contributed by atoms with Gasteiger partial charge in [-0.05, 0) is 38.0 Å². The van der Waals surface area contributed by atoms with E-state index < -0.39 is 0 Å². The Hall–Kier alpha value is -0.673. The fraction of sp³-hybridized carbons (Fsp3) is 0.400.